The van der Waals surface area contributed by atoms with Gasteiger partial charge in [0.2, 0.25) is 5.91 Å². The van der Waals surface area contributed by atoms with Crippen molar-refractivity contribution in [1.29, 1.82) is 0 Å². The van der Waals surface area contributed by atoms with Gasteiger partial charge in [-0.15, -0.1) is 13.2 Å². The summed E-state index contributed by atoms with van der Waals surface area (Å²) >= 11 is 0. The number of rotatable bonds is 5. The van der Waals surface area contributed by atoms with E-state index >= 15 is 0 Å². The number of carbonyl (C=O) groups excluding carboxylic acids is 2. The lowest BCUT2D eigenvalue weighted by Crippen LogP contribution is -2.48. The first-order valence-electron chi connectivity index (χ1n) is 9.68. The fourth-order valence-corrected chi connectivity index (χ4v) is 3.24. The first-order chi connectivity index (χ1) is 15.4. The van der Waals surface area contributed by atoms with Crippen LogP contribution in [0.1, 0.15) is 36.9 Å². The second-order valence-electron chi connectivity index (χ2n) is 7.13. The molecule has 2 aromatic rings. The molecule has 0 radical (unpaired) electrons. The molecule has 0 bridgehead atoms. The van der Waals surface area contributed by atoms with Crippen LogP contribution in [0, 0.1) is 0 Å². The van der Waals surface area contributed by atoms with E-state index < -0.39 is 48.4 Å². The van der Waals surface area contributed by atoms with Gasteiger partial charge in [-0.05, 0) is 30.2 Å². The fourth-order valence-electron chi connectivity index (χ4n) is 3.24. The highest BCUT2D eigenvalue weighted by atomic mass is 19.4. The van der Waals surface area contributed by atoms with E-state index in [1.165, 1.54) is 12.1 Å². The molecule has 0 saturated carbocycles. The summed E-state index contributed by atoms with van der Waals surface area (Å²) < 4.78 is 79.8. The van der Waals surface area contributed by atoms with Crippen LogP contribution < -0.4 is 20.3 Å². The van der Waals surface area contributed by atoms with Gasteiger partial charge >= 0.3 is 18.6 Å². The number of hydrogen-bond donors (Lipinski definition) is 2. The minimum atomic E-state index is -4.85. The minimum absolute atomic E-state index is 0.163. The van der Waals surface area contributed by atoms with Crippen LogP contribution in [-0.2, 0) is 11.0 Å². The predicted octanol–water partition coefficient (Wildman–Crippen LogP) is 5.01. The van der Waals surface area contributed by atoms with Gasteiger partial charge in [-0.3, -0.25) is 9.69 Å². The van der Waals surface area contributed by atoms with Crippen molar-refractivity contribution >= 4 is 23.4 Å². The van der Waals surface area contributed by atoms with Gasteiger partial charge in [0.25, 0.3) is 0 Å². The second-order valence-corrected chi connectivity index (χ2v) is 7.13. The Balaban J connectivity index is 1.82. The van der Waals surface area contributed by atoms with Crippen molar-refractivity contribution in [3.05, 3.63) is 47.7 Å². The highest BCUT2D eigenvalue weighted by Crippen LogP contribution is 2.35. The van der Waals surface area contributed by atoms with Crippen LogP contribution in [0.4, 0.5) is 42.6 Å². The third-order valence-corrected chi connectivity index (χ3v) is 4.66. The Labute approximate surface area is 183 Å². The molecule has 0 aliphatic carbocycles. The maximum atomic E-state index is 13.0. The van der Waals surface area contributed by atoms with E-state index in [0.29, 0.717) is 30.7 Å². The van der Waals surface area contributed by atoms with Crippen molar-refractivity contribution in [2.45, 2.75) is 38.3 Å². The third-order valence-electron chi connectivity index (χ3n) is 4.66. The molecule has 7 nitrogen and oxygen atoms in total. The summed E-state index contributed by atoms with van der Waals surface area (Å²) in [5, 5.41) is 4.92. The Morgan fingerprint density at radius 1 is 1.21 bits per heavy atom. The molecule has 1 aromatic carbocycles. The monoisotopic (exact) mass is 476 g/mol. The molecule has 1 unspecified atom stereocenters. The maximum Gasteiger partial charge on any atom is 0.573 e. The van der Waals surface area contributed by atoms with E-state index in [-0.39, 0.29) is 11.5 Å². The van der Waals surface area contributed by atoms with E-state index in [1.807, 2.05) is 6.92 Å². The van der Waals surface area contributed by atoms with Gasteiger partial charge in [-0.2, -0.15) is 13.2 Å². The topological polar surface area (TPSA) is 83.6 Å². The number of urea groups is 1. The summed E-state index contributed by atoms with van der Waals surface area (Å²) in [4.78, 5) is 29.5. The summed E-state index contributed by atoms with van der Waals surface area (Å²) in [6.07, 6.45) is -7.99. The van der Waals surface area contributed by atoms with Crippen molar-refractivity contribution < 1.29 is 40.7 Å². The van der Waals surface area contributed by atoms with Gasteiger partial charge in [0.05, 0.1) is 17.3 Å². The first kappa shape index (κ1) is 24.1. The zero-order valence-electron chi connectivity index (χ0n) is 17.0. The van der Waals surface area contributed by atoms with Crippen molar-refractivity contribution in [3.63, 3.8) is 0 Å². The average Bonchev–Trinajstić information content (AvgIpc) is 2.71. The van der Waals surface area contributed by atoms with Crippen molar-refractivity contribution in [2.24, 2.45) is 0 Å². The molecule has 13 heteroatoms. The van der Waals surface area contributed by atoms with Crippen molar-refractivity contribution in [2.75, 3.05) is 16.8 Å². The smallest absolute Gasteiger partial charge is 0.406 e. The zero-order valence-corrected chi connectivity index (χ0v) is 17.0. The number of halogens is 6. The molecule has 2 N–H and O–H groups in total. The first-order valence-corrected chi connectivity index (χ1v) is 9.68. The van der Waals surface area contributed by atoms with Crippen molar-refractivity contribution in [1.82, 2.24) is 10.3 Å². The van der Waals surface area contributed by atoms with E-state index in [2.05, 4.69) is 20.4 Å². The number of nitrogens with one attached hydrogen (secondary N) is 2. The Bertz CT molecular complexity index is 1020. The van der Waals surface area contributed by atoms with Gasteiger partial charge < -0.3 is 15.4 Å². The number of carbonyl (C=O) groups is 2. The van der Waals surface area contributed by atoms with Crippen LogP contribution in [0.3, 0.4) is 0 Å². The van der Waals surface area contributed by atoms with E-state index in [9.17, 15) is 35.9 Å². The van der Waals surface area contributed by atoms with Gasteiger partial charge in [0, 0.05) is 6.20 Å². The number of alkyl halides is 6. The molecule has 0 spiro atoms. The Hall–Kier alpha value is -3.51. The molecule has 33 heavy (non-hydrogen) atoms. The fraction of sp³-hybridized carbons (Fsp3) is 0.350. The van der Waals surface area contributed by atoms with E-state index in [4.69, 9.17) is 0 Å². The molecule has 1 aromatic heterocycles. The van der Waals surface area contributed by atoms with E-state index in [0.717, 1.165) is 17.0 Å². The average molecular weight is 476 g/mol. The number of anilines is 2. The number of aromatic nitrogens is 1. The molecule has 2 heterocycles. The molecule has 3 amide bonds. The number of pyridine rings is 1. The van der Waals surface area contributed by atoms with Gasteiger partial charge in [0.15, 0.2) is 5.82 Å². The molecule has 0 saturated heterocycles. The molecule has 0 fully saturated rings. The van der Waals surface area contributed by atoms with Gasteiger partial charge in [-0.1, -0.05) is 25.5 Å². The number of hydrogen-bond acceptors (Lipinski definition) is 4. The Morgan fingerprint density at radius 2 is 1.88 bits per heavy atom. The maximum absolute atomic E-state index is 13.0. The molecule has 3 rings (SSSR count). The number of fused-ring (bicyclic) bond motifs is 1. The summed E-state index contributed by atoms with van der Waals surface area (Å²) in [6.45, 7) is 1.35. The van der Waals surface area contributed by atoms with Crippen LogP contribution in [0.5, 0.6) is 5.75 Å². The van der Waals surface area contributed by atoms with Crippen LogP contribution in [0.2, 0.25) is 0 Å². The predicted molar refractivity (Wildman–Crippen MR) is 105 cm³/mol. The van der Waals surface area contributed by atoms with Gasteiger partial charge in [0.1, 0.15) is 12.3 Å². The molecule has 1 atom stereocenters. The van der Waals surface area contributed by atoms with Crippen LogP contribution in [-0.4, -0.2) is 29.8 Å². The lowest BCUT2D eigenvalue weighted by Gasteiger charge is -2.30. The van der Waals surface area contributed by atoms with Crippen molar-refractivity contribution in [3.8, 4) is 5.75 Å². The van der Waals surface area contributed by atoms with Crippen LogP contribution in [0.25, 0.3) is 0 Å². The molecule has 1 aliphatic rings. The largest absolute Gasteiger partial charge is 0.573 e. The number of amides is 3. The summed E-state index contributed by atoms with van der Waals surface area (Å²) in [5.41, 5.74) is -0.882. The lowest BCUT2D eigenvalue weighted by molar-refractivity contribution is -0.274. The molecular weight excluding hydrogens is 458 g/mol. The quantitative estimate of drug-likeness (QED) is 0.595. The molecule has 1 aliphatic heterocycles. The summed E-state index contributed by atoms with van der Waals surface area (Å²) in [5.74, 6) is -1.30. The van der Waals surface area contributed by atoms with Gasteiger partial charge in [-0.25, -0.2) is 9.78 Å². The minimum Gasteiger partial charge on any atom is -0.406 e. The van der Waals surface area contributed by atoms with Crippen LogP contribution >= 0.6 is 0 Å². The number of nitrogens with zero attached hydrogens (tertiary/aromatic N) is 2. The SMILES string of the molecule is CCCC(NC(=O)N1CC(=O)Nc2cc(C(F)(F)F)cnc21)c1ccc(OC(F)(F)F)cc1. The highest BCUT2D eigenvalue weighted by molar-refractivity contribution is 6.08. The Morgan fingerprint density at radius 3 is 2.45 bits per heavy atom. The number of benzene rings is 1. The summed E-state index contributed by atoms with van der Waals surface area (Å²) in [6, 6.07) is 4.14. The zero-order chi connectivity index (χ0) is 24.4. The standard InChI is InChI=1S/C20H18F6N4O3/c1-2-3-14(11-4-6-13(7-5-11)33-20(24,25)26)29-18(32)30-10-16(31)28-15-8-12(19(21,22)23)9-27-17(15)30/h4-9,14H,2-3,10H2,1H3,(H,28,31)(H,29,32). The Kier molecular flexibility index (Phi) is 6.70. The normalized spacial score (nSPS) is 14.9. The lowest BCUT2D eigenvalue weighted by atomic mass is 10.0. The highest BCUT2D eigenvalue weighted by Gasteiger charge is 2.35. The summed E-state index contributed by atoms with van der Waals surface area (Å²) in [7, 11) is 0. The molecular formula is C20H18F6N4O3. The third kappa shape index (κ3) is 6.05. The number of ether oxygens (including phenoxy) is 1. The van der Waals surface area contributed by atoms with E-state index in [1.54, 1.807) is 0 Å². The molecule has 178 valence electrons. The van der Waals surface area contributed by atoms with Crippen LogP contribution in [0.15, 0.2) is 36.5 Å². The second kappa shape index (κ2) is 9.16.